The Hall–Kier alpha value is -1.36. The van der Waals surface area contributed by atoms with Crippen molar-refractivity contribution in [1.29, 1.82) is 0 Å². The van der Waals surface area contributed by atoms with Crippen LogP contribution in [-0.4, -0.2) is 8.42 Å². The van der Waals surface area contributed by atoms with Crippen LogP contribution in [0.5, 0.6) is 0 Å². The molecule has 1 aromatic carbocycles. The Morgan fingerprint density at radius 2 is 1.09 bits per heavy atom. The summed E-state index contributed by atoms with van der Waals surface area (Å²) in [5, 5.41) is 0. The van der Waals surface area contributed by atoms with E-state index in [4.69, 9.17) is 19.9 Å². The van der Waals surface area contributed by atoms with Crippen molar-refractivity contribution in [3.05, 3.63) is 24.3 Å². The first-order chi connectivity index (χ1) is 5.20. The van der Waals surface area contributed by atoms with Crippen LogP contribution in [0, 0.1) is 0 Å². The molecule has 0 radical (unpaired) electrons. The van der Waals surface area contributed by atoms with Crippen LogP contribution in [-0.2, 0) is 11.6 Å². The maximum atomic E-state index is 8.29. The smallest absolute Gasteiger partial charge is 0.335 e. The van der Waals surface area contributed by atoms with Gasteiger partial charge in [-0.25, -0.2) is 0 Å². The molecule has 0 aliphatic heterocycles. The summed E-state index contributed by atoms with van der Waals surface area (Å²) < 4.78 is 16.6. The summed E-state index contributed by atoms with van der Waals surface area (Å²) in [5.41, 5.74) is 12.2. The third-order valence-electron chi connectivity index (χ3n) is 0.936. The zero-order valence-electron chi connectivity index (χ0n) is 5.69. The molecule has 0 saturated heterocycles. The molecule has 1 aromatic rings. The molecule has 0 aromatic heterocycles. The Morgan fingerprint density at radius 1 is 0.909 bits per heavy atom. The standard InChI is InChI=1S/C6H8N2.O2S/c7-5-1-2-6(8)4-3-5;1-3-2/h1-4H,7-8H2;. The monoisotopic (exact) mass is 172 g/mol. The second kappa shape index (κ2) is 5.43. The number of anilines is 2. The Morgan fingerprint density at radius 3 is 1.27 bits per heavy atom. The van der Waals surface area contributed by atoms with E-state index in [1.807, 2.05) is 0 Å². The first-order valence-electron chi connectivity index (χ1n) is 2.73. The maximum absolute atomic E-state index is 8.29. The molecule has 5 heteroatoms. The molecule has 0 amide bonds. The van der Waals surface area contributed by atoms with Crippen molar-refractivity contribution in [2.24, 2.45) is 0 Å². The molecule has 0 spiro atoms. The highest BCUT2D eigenvalue weighted by molar-refractivity contribution is 7.51. The van der Waals surface area contributed by atoms with Crippen LogP contribution >= 0.6 is 0 Å². The minimum atomic E-state index is -0.750. The lowest BCUT2D eigenvalue weighted by Crippen LogP contribution is -1.86. The van der Waals surface area contributed by atoms with Crippen molar-refractivity contribution < 1.29 is 8.42 Å². The van der Waals surface area contributed by atoms with Crippen LogP contribution in [0.2, 0.25) is 0 Å². The Labute approximate surface area is 67.8 Å². The van der Waals surface area contributed by atoms with Crippen molar-refractivity contribution in [1.82, 2.24) is 0 Å². The number of hydrogen-bond acceptors (Lipinski definition) is 4. The van der Waals surface area contributed by atoms with E-state index in [2.05, 4.69) is 0 Å². The van der Waals surface area contributed by atoms with Gasteiger partial charge < -0.3 is 11.5 Å². The van der Waals surface area contributed by atoms with E-state index in [0.29, 0.717) is 0 Å². The van der Waals surface area contributed by atoms with Gasteiger partial charge in [-0.15, -0.1) is 0 Å². The van der Waals surface area contributed by atoms with Crippen LogP contribution in [0.25, 0.3) is 0 Å². The summed E-state index contributed by atoms with van der Waals surface area (Å²) in [6.07, 6.45) is 0. The van der Waals surface area contributed by atoms with Crippen molar-refractivity contribution in [3.8, 4) is 0 Å². The van der Waals surface area contributed by atoms with Gasteiger partial charge in [-0.1, -0.05) is 0 Å². The average Bonchev–Trinajstić information content (AvgIpc) is 1.97. The first kappa shape index (κ1) is 9.64. The topological polar surface area (TPSA) is 86.2 Å². The molecule has 1 rings (SSSR count). The lowest BCUT2D eigenvalue weighted by atomic mass is 10.3. The Balaban J connectivity index is 0.000000292. The number of nitrogen functional groups attached to an aromatic ring is 2. The van der Waals surface area contributed by atoms with E-state index < -0.39 is 11.6 Å². The van der Waals surface area contributed by atoms with Gasteiger partial charge in [0.2, 0.25) is 0 Å². The molecular formula is C6H8N2O2S. The van der Waals surface area contributed by atoms with Gasteiger partial charge >= 0.3 is 11.6 Å². The minimum absolute atomic E-state index is 0.749. The maximum Gasteiger partial charge on any atom is 0.335 e. The van der Waals surface area contributed by atoms with E-state index in [0.717, 1.165) is 11.4 Å². The molecule has 60 valence electrons. The zero-order valence-corrected chi connectivity index (χ0v) is 6.51. The number of rotatable bonds is 0. The molecule has 11 heavy (non-hydrogen) atoms. The van der Waals surface area contributed by atoms with E-state index >= 15 is 0 Å². The molecule has 0 atom stereocenters. The highest BCUT2D eigenvalue weighted by Gasteiger charge is 1.80. The van der Waals surface area contributed by atoms with Gasteiger partial charge in [0.25, 0.3) is 0 Å². The molecule has 0 saturated carbocycles. The summed E-state index contributed by atoms with van der Waals surface area (Å²) in [4.78, 5) is 0. The third kappa shape index (κ3) is 5.10. The molecule has 0 heterocycles. The fraction of sp³-hybridized carbons (Fsp3) is 0. The quantitative estimate of drug-likeness (QED) is 0.546. The van der Waals surface area contributed by atoms with Crippen molar-refractivity contribution in [2.45, 2.75) is 0 Å². The average molecular weight is 172 g/mol. The summed E-state index contributed by atoms with van der Waals surface area (Å²) in [7, 11) is 0. The van der Waals surface area contributed by atoms with Crippen LogP contribution in [0.3, 0.4) is 0 Å². The van der Waals surface area contributed by atoms with Crippen LogP contribution in [0.15, 0.2) is 24.3 Å². The summed E-state index contributed by atoms with van der Waals surface area (Å²) >= 11 is -0.750. The Kier molecular flexibility index (Phi) is 4.76. The molecule has 0 aliphatic rings. The van der Waals surface area contributed by atoms with Gasteiger partial charge in [0, 0.05) is 11.4 Å². The normalized spacial score (nSPS) is 7.64. The van der Waals surface area contributed by atoms with Crippen LogP contribution in [0.4, 0.5) is 11.4 Å². The number of benzene rings is 1. The lowest BCUT2D eigenvalue weighted by molar-refractivity contribution is 0.630. The van der Waals surface area contributed by atoms with E-state index in [1.165, 1.54) is 0 Å². The van der Waals surface area contributed by atoms with Gasteiger partial charge in [0.1, 0.15) is 0 Å². The zero-order chi connectivity index (χ0) is 8.69. The second-order valence-corrected chi connectivity index (χ2v) is 1.87. The largest absolute Gasteiger partial charge is 0.399 e. The molecule has 4 N–H and O–H groups in total. The first-order valence-corrected chi connectivity index (χ1v) is 3.40. The van der Waals surface area contributed by atoms with Crippen LogP contribution < -0.4 is 11.5 Å². The molecule has 0 aliphatic carbocycles. The minimum Gasteiger partial charge on any atom is -0.399 e. The molecule has 0 fully saturated rings. The predicted octanol–water partition coefficient (Wildman–Crippen LogP) is 0.181. The van der Waals surface area contributed by atoms with Crippen molar-refractivity contribution in [2.75, 3.05) is 11.5 Å². The van der Waals surface area contributed by atoms with Crippen molar-refractivity contribution >= 4 is 22.9 Å². The third-order valence-corrected chi connectivity index (χ3v) is 0.936. The van der Waals surface area contributed by atoms with Gasteiger partial charge in [-0.05, 0) is 24.3 Å². The fourth-order valence-corrected chi connectivity index (χ4v) is 0.496. The highest BCUT2D eigenvalue weighted by atomic mass is 32.1. The lowest BCUT2D eigenvalue weighted by Gasteiger charge is -1.90. The number of nitrogens with two attached hydrogens (primary N) is 2. The Bertz CT molecular complexity index is 220. The number of hydrogen-bond donors (Lipinski definition) is 2. The van der Waals surface area contributed by atoms with Gasteiger partial charge in [-0.2, -0.15) is 8.42 Å². The fourth-order valence-electron chi connectivity index (χ4n) is 0.496. The van der Waals surface area contributed by atoms with Crippen LogP contribution in [0.1, 0.15) is 0 Å². The van der Waals surface area contributed by atoms with Gasteiger partial charge in [-0.3, -0.25) is 0 Å². The molecule has 0 bridgehead atoms. The van der Waals surface area contributed by atoms with Gasteiger partial charge in [0.05, 0.1) is 0 Å². The summed E-state index contributed by atoms with van der Waals surface area (Å²) in [6.45, 7) is 0. The van der Waals surface area contributed by atoms with Gasteiger partial charge in [0.15, 0.2) is 0 Å². The summed E-state index contributed by atoms with van der Waals surface area (Å²) in [5.74, 6) is 0. The predicted molar refractivity (Wildman–Crippen MR) is 44.2 cm³/mol. The van der Waals surface area contributed by atoms with Crippen molar-refractivity contribution in [3.63, 3.8) is 0 Å². The molecule has 0 unspecified atom stereocenters. The highest BCUT2D eigenvalue weighted by Crippen LogP contribution is 2.04. The van der Waals surface area contributed by atoms with E-state index in [1.54, 1.807) is 24.3 Å². The second-order valence-electron chi connectivity index (χ2n) is 1.73. The van der Waals surface area contributed by atoms with E-state index in [9.17, 15) is 0 Å². The molecular weight excluding hydrogens is 164 g/mol. The molecule has 4 nitrogen and oxygen atoms in total. The van der Waals surface area contributed by atoms with E-state index in [-0.39, 0.29) is 0 Å². The summed E-state index contributed by atoms with van der Waals surface area (Å²) in [6, 6.07) is 7.09. The SMILES string of the molecule is Nc1ccc(N)cc1.O=S=O.